The minimum atomic E-state index is 0.414. The third-order valence-electron chi connectivity index (χ3n) is 4.37. The topological polar surface area (TPSA) is 30.7 Å². The maximum atomic E-state index is 4.89. The Balaban J connectivity index is 1.77. The third kappa shape index (κ3) is 3.61. The first-order chi connectivity index (χ1) is 12.4. The number of fused-ring (bicyclic) bond motifs is 1. The van der Waals surface area contributed by atoms with Gasteiger partial charge in [-0.15, -0.1) is 0 Å². The van der Waals surface area contributed by atoms with E-state index in [1.807, 2.05) is 4.80 Å². The molecule has 1 aromatic carbocycles. The normalized spacial score (nSPS) is 11.4. The summed E-state index contributed by atoms with van der Waals surface area (Å²) in [5, 5.41) is 9.79. The van der Waals surface area contributed by atoms with Gasteiger partial charge in [-0.2, -0.15) is 0 Å². The van der Waals surface area contributed by atoms with E-state index in [4.69, 9.17) is 10.2 Å². The third-order valence-corrected chi connectivity index (χ3v) is 8.16. The van der Waals surface area contributed by atoms with Crippen LogP contribution in [0.25, 0.3) is 31.0 Å². The molecular weight excluding hydrogens is 440 g/mol. The number of hydrogen-bond donors (Lipinski definition) is 0. The molecule has 0 amide bonds. The predicted octanol–water partition coefficient (Wildman–Crippen LogP) is 4.46. The Morgan fingerprint density at radius 3 is 1.88 bits per heavy atom. The molecule has 0 saturated carbocycles. The van der Waals surface area contributed by atoms with Gasteiger partial charge in [0.15, 0.2) is 0 Å². The molecule has 0 bridgehead atoms. The first-order valence-corrected chi connectivity index (χ1v) is 12.5. The fourth-order valence-corrected chi connectivity index (χ4v) is 6.23. The molecule has 0 radical (unpaired) electrons. The molecule has 3 nitrogen and oxygen atoms in total. The number of benzene rings is 1. The van der Waals surface area contributed by atoms with Gasteiger partial charge in [-0.1, -0.05) is 0 Å². The summed E-state index contributed by atoms with van der Waals surface area (Å²) in [6.45, 7) is 3.16. The average molecular weight is 461 g/mol. The van der Waals surface area contributed by atoms with Crippen LogP contribution in [0.2, 0.25) is 0 Å². The van der Waals surface area contributed by atoms with Gasteiger partial charge < -0.3 is 0 Å². The van der Waals surface area contributed by atoms with Crippen LogP contribution in [0.4, 0.5) is 0 Å². The Morgan fingerprint density at radius 2 is 1.40 bits per heavy atom. The standard InChI is InChI=1S/C20H21N3Se2/c1-2-3-4-5-12-23-21-19-15(17-8-6-13-24-17)10-11-16(20(19)22-23)18-9-7-14-25-18/h6-11,13-14H,2-5,12H2,1H3. The number of unbranched alkanes of at least 4 members (excludes halogenated alkanes) is 3. The van der Waals surface area contributed by atoms with Gasteiger partial charge in [-0.3, -0.25) is 0 Å². The van der Waals surface area contributed by atoms with Gasteiger partial charge in [-0.25, -0.2) is 0 Å². The molecule has 0 aliphatic carbocycles. The average Bonchev–Trinajstić information content (AvgIpc) is 3.39. The summed E-state index contributed by atoms with van der Waals surface area (Å²) in [6.07, 6.45) is 4.96. The van der Waals surface area contributed by atoms with Gasteiger partial charge in [0.1, 0.15) is 0 Å². The summed E-state index contributed by atoms with van der Waals surface area (Å²) in [6, 6.07) is 13.3. The molecule has 0 aliphatic heterocycles. The van der Waals surface area contributed by atoms with E-state index in [0.717, 1.165) is 24.0 Å². The number of rotatable bonds is 7. The summed E-state index contributed by atoms with van der Waals surface area (Å²) in [7, 11) is 0. The van der Waals surface area contributed by atoms with Crippen LogP contribution in [-0.2, 0) is 6.54 Å². The van der Waals surface area contributed by atoms with Crippen molar-refractivity contribution in [3.8, 4) is 20.0 Å². The van der Waals surface area contributed by atoms with Crippen molar-refractivity contribution in [2.75, 3.05) is 0 Å². The van der Waals surface area contributed by atoms with Gasteiger partial charge in [0.05, 0.1) is 0 Å². The Morgan fingerprint density at radius 1 is 0.800 bits per heavy atom. The van der Waals surface area contributed by atoms with Gasteiger partial charge in [0.2, 0.25) is 0 Å². The Labute approximate surface area is 160 Å². The van der Waals surface area contributed by atoms with Crippen molar-refractivity contribution in [1.82, 2.24) is 15.0 Å². The zero-order valence-electron chi connectivity index (χ0n) is 14.3. The van der Waals surface area contributed by atoms with E-state index in [-0.39, 0.29) is 0 Å². The van der Waals surface area contributed by atoms with E-state index in [0.29, 0.717) is 29.0 Å². The van der Waals surface area contributed by atoms with Crippen molar-refractivity contribution in [3.63, 3.8) is 0 Å². The number of aryl methyl sites for hydroxylation is 1. The number of nitrogens with zero attached hydrogens (tertiary/aromatic N) is 3. The maximum absolute atomic E-state index is 4.89. The van der Waals surface area contributed by atoms with E-state index in [1.165, 1.54) is 39.3 Å². The monoisotopic (exact) mass is 463 g/mol. The SMILES string of the molecule is CCCCCCn1nc2c(-c3ccc[se]3)ccc(-c3ccc[se]3)c2n1. The van der Waals surface area contributed by atoms with Gasteiger partial charge >= 0.3 is 160 Å². The fraction of sp³-hybridized carbons (Fsp3) is 0.300. The van der Waals surface area contributed by atoms with Crippen molar-refractivity contribution in [1.29, 1.82) is 0 Å². The van der Waals surface area contributed by atoms with Crippen molar-refractivity contribution in [2.45, 2.75) is 39.2 Å². The molecule has 0 atom stereocenters. The zero-order chi connectivity index (χ0) is 17.1. The summed E-state index contributed by atoms with van der Waals surface area (Å²) in [5.41, 5.74) is 4.69. The second kappa shape index (κ2) is 7.88. The van der Waals surface area contributed by atoms with Crippen LogP contribution in [-0.4, -0.2) is 44.0 Å². The summed E-state index contributed by atoms with van der Waals surface area (Å²) < 4.78 is 2.82. The van der Waals surface area contributed by atoms with Crippen molar-refractivity contribution < 1.29 is 0 Å². The molecule has 0 fully saturated rings. The first kappa shape index (κ1) is 17.1. The summed E-state index contributed by atoms with van der Waals surface area (Å²) in [4.78, 5) is 6.47. The van der Waals surface area contributed by atoms with Crippen LogP contribution >= 0.6 is 0 Å². The zero-order valence-corrected chi connectivity index (χ0v) is 17.7. The second-order valence-corrected chi connectivity index (χ2v) is 10.1. The van der Waals surface area contributed by atoms with Crippen LogP contribution in [0.1, 0.15) is 32.6 Å². The van der Waals surface area contributed by atoms with Crippen LogP contribution in [0.15, 0.2) is 46.3 Å². The molecule has 25 heavy (non-hydrogen) atoms. The molecule has 0 saturated heterocycles. The minimum absolute atomic E-state index is 0.414. The van der Waals surface area contributed by atoms with E-state index in [2.05, 4.69) is 53.2 Å². The Kier molecular flexibility index (Phi) is 5.38. The molecule has 3 heterocycles. The van der Waals surface area contributed by atoms with Gasteiger partial charge in [0.25, 0.3) is 0 Å². The Hall–Kier alpha value is -1.38. The molecular formula is C20H21N3Se2. The molecule has 0 unspecified atom stereocenters. The molecule has 0 N–H and O–H groups in total. The summed E-state index contributed by atoms with van der Waals surface area (Å²) in [5.74, 6) is 0. The van der Waals surface area contributed by atoms with E-state index >= 15 is 0 Å². The molecule has 4 aromatic rings. The molecule has 3 aromatic heterocycles. The van der Waals surface area contributed by atoms with Crippen LogP contribution in [0, 0.1) is 0 Å². The first-order valence-electron chi connectivity index (χ1n) is 8.82. The van der Waals surface area contributed by atoms with Crippen LogP contribution in [0.3, 0.4) is 0 Å². The molecule has 5 heteroatoms. The number of hydrogen-bond acceptors (Lipinski definition) is 2. The molecule has 4 rings (SSSR count). The van der Waals surface area contributed by atoms with Crippen molar-refractivity contribution >= 4 is 40.0 Å². The van der Waals surface area contributed by atoms with Gasteiger partial charge in [0, 0.05) is 0 Å². The predicted molar refractivity (Wildman–Crippen MR) is 106 cm³/mol. The van der Waals surface area contributed by atoms with Crippen LogP contribution in [0.5, 0.6) is 0 Å². The molecule has 0 aliphatic rings. The van der Waals surface area contributed by atoms with E-state index in [1.54, 1.807) is 0 Å². The van der Waals surface area contributed by atoms with E-state index in [9.17, 15) is 0 Å². The fourth-order valence-electron chi connectivity index (χ4n) is 3.08. The van der Waals surface area contributed by atoms with Crippen LogP contribution < -0.4 is 0 Å². The van der Waals surface area contributed by atoms with Crippen molar-refractivity contribution in [2.24, 2.45) is 0 Å². The van der Waals surface area contributed by atoms with Gasteiger partial charge in [-0.05, 0) is 0 Å². The Bertz CT molecular complexity index is 866. The molecule has 0 spiro atoms. The van der Waals surface area contributed by atoms with Crippen molar-refractivity contribution in [3.05, 3.63) is 46.3 Å². The molecule has 128 valence electrons. The quantitative estimate of drug-likeness (QED) is 0.301. The number of aromatic nitrogens is 3. The van der Waals surface area contributed by atoms with E-state index < -0.39 is 0 Å². The summed E-state index contributed by atoms with van der Waals surface area (Å²) >= 11 is 0.828. The second-order valence-electron chi connectivity index (χ2n) is 6.17.